The van der Waals surface area contributed by atoms with Crippen molar-refractivity contribution in [1.29, 1.82) is 0 Å². The predicted octanol–water partition coefficient (Wildman–Crippen LogP) is 25.4. The van der Waals surface area contributed by atoms with Gasteiger partial charge in [0.05, 0.1) is 12.7 Å². The molecule has 0 amide bonds. The van der Waals surface area contributed by atoms with E-state index in [-0.39, 0.29) is 0 Å². The van der Waals surface area contributed by atoms with E-state index < -0.39 is 0 Å². The lowest BCUT2D eigenvalue weighted by Gasteiger charge is -2.20. The van der Waals surface area contributed by atoms with Crippen LogP contribution in [0.2, 0.25) is 0 Å². The molecule has 0 aromatic heterocycles. The van der Waals surface area contributed by atoms with Crippen LogP contribution in [0.1, 0.15) is 262 Å². The monoisotopic (exact) mass is 1150 g/mol. The smallest absolute Gasteiger partial charge is 0.0572 e. The van der Waals surface area contributed by atoms with Gasteiger partial charge in [-0.25, -0.2) is 0 Å². The summed E-state index contributed by atoms with van der Waals surface area (Å²) in [6.45, 7) is 14.2. The summed E-state index contributed by atoms with van der Waals surface area (Å²) in [5.74, 6) is 0. The summed E-state index contributed by atoms with van der Waals surface area (Å²) in [5.41, 5.74) is 32.5. The SMILES string of the molecule is CCCCCCc1cc2c(cc1CCCCCC)-c1c(c3c(c4c1C(=C1SC=CS1)c1cc(CCCCCC)c(CCCCCC)cc1-4)C(=C1SC=CS1)c1cc(CCCCCC)c(CCCCCC)cc1-3)C2=C1SC=CS1. The molecular formula is C72H90S6. The molecule has 0 nitrogen and oxygen atoms in total. The van der Waals surface area contributed by atoms with Gasteiger partial charge in [0.25, 0.3) is 0 Å². The van der Waals surface area contributed by atoms with Crippen molar-refractivity contribution in [3.05, 3.63) is 148 Å². The molecule has 4 aromatic rings. The molecule has 10 rings (SSSR count). The van der Waals surface area contributed by atoms with Crippen molar-refractivity contribution < 1.29 is 0 Å². The Labute approximate surface area is 499 Å². The lowest BCUT2D eigenvalue weighted by molar-refractivity contribution is 0.650. The van der Waals surface area contributed by atoms with E-state index in [0.29, 0.717) is 0 Å². The fourth-order valence-electron chi connectivity index (χ4n) is 13.5. The summed E-state index contributed by atoms with van der Waals surface area (Å²) in [5, 5.41) is 14.2. The van der Waals surface area contributed by atoms with Crippen molar-refractivity contribution in [3.8, 4) is 33.4 Å². The molecule has 3 heterocycles. The molecule has 4 aromatic carbocycles. The van der Waals surface area contributed by atoms with Gasteiger partial charge in [0, 0.05) is 33.4 Å². The standard InChI is InChI=1S/C72H90S6/c1-7-13-19-25-31-49-43-55-58(46-52(49)34-28-22-16-10-4)64(70-73-37-38-74-70)67-61(55)68-63(56-44-50(32-26-20-14-8-2)53(35-29-23-17-11-5)47-59(56)65(68)71-75-39-40-76-71)69-62(67)57-45-51(33-27-21-15-9-3)54(36-30-24-18-12-6)48-60(57)66(69)72-77-41-42-78-72/h37-48H,7-36H2,1-6H3. The maximum atomic E-state index is 2.80. The quantitative estimate of drug-likeness (QED) is 0.0409. The molecule has 3 aliphatic heterocycles. The van der Waals surface area contributed by atoms with Gasteiger partial charge in [-0.3, -0.25) is 0 Å². The summed E-state index contributed by atoms with van der Waals surface area (Å²) in [6, 6.07) is 16.7. The van der Waals surface area contributed by atoms with E-state index in [2.05, 4.69) is 110 Å². The molecule has 0 bridgehead atoms. The number of unbranched alkanes of at least 4 members (excludes halogenated alkanes) is 18. The topological polar surface area (TPSA) is 0 Å². The fraction of sp³-hybridized carbons (Fsp3) is 0.500. The van der Waals surface area contributed by atoms with Gasteiger partial charge in [-0.15, -0.1) is 0 Å². The molecule has 0 radical (unpaired) electrons. The minimum absolute atomic E-state index is 1.17. The molecule has 0 saturated heterocycles. The number of benzene rings is 4. The van der Waals surface area contributed by atoms with Crippen LogP contribution in [0.15, 0.2) is 81.6 Å². The number of rotatable bonds is 30. The summed E-state index contributed by atoms with van der Waals surface area (Å²) in [7, 11) is 0. The van der Waals surface area contributed by atoms with E-state index >= 15 is 0 Å². The molecule has 0 fully saturated rings. The Kier molecular flexibility index (Phi) is 21.9. The molecule has 414 valence electrons. The third-order valence-electron chi connectivity index (χ3n) is 17.5. The van der Waals surface area contributed by atoms with Crippen molar-refractivity contribution in [1.82, 2.24) is 0 Å². The normalized spacial score (nSPS) is 15.5. The number of aryl methyl sites for hydroxylation is 6. The Balaban J connectivity index is 1.32. The molecule has 78 heavy (non-hydrogen) atoms. The third-order valence-corrected chi connectivity index (χ3v) is 23.9. The Morgan fingerprint density at radius 3 is 0.603 bits per heavy atom. The molecule has 0 spiro atoms. The summed E-state index contributed by atoms with van der Waals surface area (Å²) < 4.78 is 4.39. The van der Waals surface area contributed by atoms with Gasteiger partial charge in [-0.1, -0.05) is 264 Å². The third kappa shape index (κ3) is 12.7. The molecule has 0 unspecified atom stereocenters. The first-order valence-electron chi connectivity index (χ1n) is 31.5. The second kappa shape index (κ2) is 29.1. The average Bonchev–Trinajstić information content (AvgIpc) is 3.27. The highest BCUT2D eigenvalue weighted by Gasteiger charge is 2.46. The summed E-state index contributed by atoms with van der Waals surface area (Å²) >= 11 is 11.9. The van der Waals surface area contributed by atoms with Crippen molar-refractivity contribution in [3.63, 3.8) is 0 Å². The largest absolute Gasteiger partial charge is 0.0895 e. The molecule has 6 heteroatoms. The minimum Gasteiger partial charge on any atom is -0.0895 e. The van der Waals surface area contributed by atoms with Crippen LogP contribution in [-0.2, 0) is 38.5 Å². The van der Waals surface area contributed by atoms with Crippen LogP contribution in [0.25, 0.3) is 50.1 Å². The Morgan fingerprint density at radius 1 is 0.218 bits per heavy atom. The first-order chi connectivity index (χ1) is 38.5. The second-order valence-corrected chi connectivity index (χ2v) is 29.4. The van der Waals surface area contributed by atoms with E-state index in [1.165, 1.54) is 289 Å². The first kappa shape index (κ1) is 58.6. The zero-order valence-corrected chi connectivity index (χ0v) is 53.5. The number of hydrogen-bond donors (Lipinski definition) is 0. The van der Waals surface area contributed by atoms with Crippen LogP contribution >= 0.6 is 70.6 Å². The van der Waals surface area contributed by atoms with Gasteiger partial charge in [0.1, 0.15) is 0 Å². The zero-order chi connectivity index (χ0) is 53.8. The van der Waals surface area contributed by atoms with Crippen LogP contribution in [-0.4, -0.2) is 0 Å². The molecule has 0 N–H and O–H groups in total. The van der Waals surface area contributed by atoms with E-state index in [1.807, 2.05) is 70.6 Å². The van der Waals surface area contributed by atoms with Crippen LogP contribution in [0.4, 0.5) is 0 Å². The lowest BCUT2D eigenvalue weighted by Crippen LogP contribution is -1.99. The molecule has 0 atom stereocenters. The number of thioether (sulfide) groups is 6. The Bertz CT molecular complexity index is 2620. The highest BCUT2D eigenvalue weighted by atomic mass is 32.2. The second-order valence-electron chi connectivity index (χ2n) is 23.1. The maximum Gasteiger partial charge on any atom is 0.0572 e. The molecule has 0 saturated carbocycles. The van der Waals surface area contributed by atoms with E-state index in [0.717, 1.165) is 0 Å². The van der Waals surface area contributed by atoms with Crippen LogP contribution < -0.4 is 0 Å². The molecular weight excluding hydrogens is 1060 g/mol. The molecule has 3 aliphatic carbocycles. The van der Waals surface area contributed by atoms with Gasteiger partial charge in [0.15, 0.2) is 0 Å². The molecule has 6 aliphatic rings. The fourth-order valence-corrected chi connectivity index (χ4v) is 19.2. The van der Waals surface area contributed by atoms with E-state index in [9.17, 15) is 0 Å². The lowest BCUT2D eigenvalue weighted by atomic mass is 9.83. The maximum absolute atomic E-state index is 2.80. The highest BCUT2D eigenvalue weighted by Crippen LogP contribution is 2.69. The van der Waals surface area contributed by atoms with Gasteiger partial charge in [-0.05, 0) is 193 Å². The number of fused-ring (bicyclic) bond motifs is 12. The Hall–Kier alpha value is -2.58. The van der Waals surface area contributed by atoms with E-state index in [4.69, 9.17) is 0 Å². The van der Waals surface area contributed by atoms with Crippen LogP contribution in [0.5, 0.6) is 0 Å². The van der Waals surface area contributed by atoms with Gasteiger partial charge in [0.2, 0.25) is 0 Å². The van der Waals surface area contributed by atoms with Crippen molar-refractivity contribution in [2.45, 2.75) is 234 Å². The number of hydrogen-bond acceptors (Lipinski definition) is 6. The predicted molar refractivity (Wildman–Crippen MR) is 361 cm³/mol. The highest BCUT2D eigenvalue weighted by molar-refractivity contribution is 8.28. The summed E-state index contributed by atoms with van der Waals surface area (Å²) in [4.78, 5) is 0. The van der Waals surface area contributed by atoms with Crippen molar-refractivity contribution in [2.75, 3.05) is 0 Å². The van der Waals surface area contributed by atoms with Crippen molar-refractivity contribution in [2.24, 2.45) is 0 Å². The van der Waals surface area contributed by atoms with Gasteiger partial charge in [-0.2, -0.15) is 0 Å². The van der Waals surface area contributed by atoms with Crippen LogP contribution in [0.3, 0.4) is 0 Å². The van der Waals surface area contributed by atoms with Gasteiger partial charge < -0.3 is 0 Å². The van der Waals surface area contributed by atoms with E-state index in [1.54, 1.807) is 33.4 Å². The Morgan fingerprint density at radius 2 is 0.410 bits per heavy atom. The minimum atomic E-state index is 1.17. The first-order valence-corrected chi connectivity index (χ1v) is 36.7. The summed E-state index contributed by atoms with van der Waals surface area (Å²) in [6.07, 6.45) is 38.1. The van der Waals surface area contributed by atoms with Crippen molar-refractivity contribution >= 4 is 87.3 Å². The van der Waals surface area contributed by atoms with Gasteiger partial charge >= 0.3 is 0 Å². The zero-order valence-electron chi connectivity index (χ0n) is 48.6. The van der Waals surface area contributed by atoms with Crippen LogP contribution in [0, 0.1) is 0 Å². The average molecular weight is 1150 g/mol.